The molecule has 1 aromatic rings. The molecule has 2 nitrogen and oxygen atoms in total. The third kappa shape index (κ3) is 3.52. The first kappa shape index (κ1) is 12.6. The van der Waals surface area contributed by atoms with Crippen molar-refractivity contribution < 1.29 is 5.11 Å². The summed E-state index contributed by atoms with van der Waals surface area (Å²) in [5.41, 5.74) is 1.33. The molecule has 0 aromatic heterocycles. The number of thioether (sulfide) groups is 1. The molecule has 0 fully saturated rings. The van der Waals surface area contributed by atoms with Gasteiger partial charge in [0.2, 0.25) is 0 Å². The third-order valence-corrected chi connectivity index (χ3v) is 3.47. The minimum absolute atomic E-state index is 0.206. The largest absolute Gasteiger partial charge is 0.395 e. The average Bonchev–Trinajstić information content (AvgIpc) is 2.28. The van der Waals surface area contributed by atoms with E-state index < -0.39 is 0 Å². The van der Waals surface area contributed by atoms with E-state index in [2.05, 4.69) is 35.4 Å². The molecule has 3 heteroatoms. The molecule has 0 amide bonds. The lowest BCUT2D eigenvalue weighted by atomic mass is 10.2. The Kier molecular flexibility index (Phi) is 5.15. The van der Waals surface area contributed by atoms with Crippen molar-refractivity contribution in [2.75, 3.05) is 19.9 Å². The van der Waals surface area contributed by atoms with Gasteiger partial charge >= 0.3 is 0 Å². The maximum absolute atomic E-state index is 9.06. The van der Waals surface area contributed by atoms with E-state index in [0.717, 1.165) is 6.54 Å². The molecular weight excluding hydrogens is 206 g/mol. The van der Waals surface area contributed by atoms with Crippen LogP contribution >= 0.6 is 11.8 Å². The van der Waals surface area contributed by atoms with Crippen LogP contribution in [0.1, 0.15) is 12.5 Å². The summed E-state index contributed by atoms with van der Waals surface area (Å²) >= 11 is 1.77. The highest BCUT2D eigenvalue weighted by Crippen LogP contribution is 2.21. The van der Waals surface area contributed by atoms with Gasteiger partial charge in [0, 0.05) is 17.5 Å². The van der Waals surface area contributed by atoms with Gasteiger partial charge in [-0.25, -0.2) is 0 Å². The fourth-order valence-corrected chi connectivity index (χ4v) is 2.01. The molecule has 1 aromatic carbocycles. The summed E-state index contributed by atoms with van der Waals surface area (Å²) in [7, 11) is 2.04. The predicted molar refractivity (Wildman–Crippen MR) is 66.2 cm³/mol. The Morgan fingerprint density at radius 2 is 2.07 bits per heavy atom. The molecule has 1 rings (SSSR count). The van der Waals surface area contributed by atoms with E-state index in [1.807, 2.05) is 14.0 Å². The molecule has 0 saturated heterocycles. The molecular formula is C12H19NOS. The first-order chi connectivity index (χ1) is 7.19. The Bertz CT molecular complexity index is 303. The van der Waals surface area contributed by atoms with Gasteiger partial charge < -0.3 is 5.11 Å². The van der Waals surface area contributed by atoms with Crippen molar-refractivity contribution in [3.8, 4) is 0 Å². The van der Waals surface area contributed by atoms with E-state index in [4.69, 9.17) is 5.11 Å². The smallest absolute Gasteiger partial charge is 0.0584 e. The monoisotopic (exact) mass is 225 g/mol. The van der Waals surface area contributed by atoms with Crippen LogP contribution in [0, 0.1) is 0 Å². The minimum atomic E-state index is 0.206. The van der Waals surface area contributed by atoms with Crippen molar-refractivity contribution in [1.82, 2.24) is 4.90 Å². The second kappa shape index (κ2) is 6.16. The van der Waals surface area contributed by atoms with Crippen LogP contribution in [0.25, 0.3) is 0 Å². The van der Waals surface area contributed by atoms with Crippen LogP contribution < -0.4 is 0 Å². The number of likely N-dealkylation sites (N-methyl/N-ethyl adjacent to an activating group) is 1. The fraction of sp³-hybridized carbons (Fsp3) is 0.500. The van der Waals surface area contributed by atoms with Gasteiger partial charge in [-0.3, -0.25) is 4.90 Å². The van der Waals surface area contributed by atoms with E-state index >= 15 is 0 Å². The van der Waals surface area contributed by atoms with Gasteiger partial charge in [0.15, 0.2) is 0 Å². The summed E-state index contributed by atoms with van der Waals surface area (Å²) in [5, 5.41) is 9.06. The molecule has 1 unspecified atom stereocenters. The Morgan fingerprint density at radius 3 is 2.67 bits per heavy atom. The molecule has 0 radical (unpaired) electrons. The van der Waals surface area contributed by atoms with E-state index in [-0.39, 0.29) is 12.6 Å². The molecule has 0 aliphatic carbocycles. The highest BCUT2D eigenvalue weighted by atomic mass is 32.2. The summed E-state index contributed by atoms with van der Waals surface area (Å²) in [4.78, 5) is 3.48. The Morgan fingerprint density at radius 1 is 1.40 bits per heavy atom. The quantitative estimate of drug-likeness (QED) is 0.777. The lowest BCUT2D eigenvalue weighted by Gasteiger charge is -2.23. The number of nitrogens with zero attached hydrogens (tertiary/aromatic N) is 1. The molecule has 0 bridgehead atoms. The number of rotatable bonds is 5. The fourth-order valence-electron chi connectivity index (χ4n) is 1.40. The van der Waals surface area contributed by atoms with Crippen LogP contribution in [-0.4, -0.2) is 36.0 Å². The number of aliphatic hydroxyl groups excluding tert-OH is 1. The summed E-state index contributed by atoms with van der Waals surface area (Å²) in [5.74, 6) is 0. The van der Waals surface area contributed by atoms with Gasteiger partial charge in [-0.15, -0.1) is 11.8 Å². The van der Waals surface area contributed by atoms with E-state index in [0.29, 0.717) is 0 Å². The first-order valence-electron chi connectivity index (χ1n) is 5.12. The topological polar surface area (TPSA) is 23.5 Å². The zero-order chi connectivity index (χ0) is 11.3. The maximum Gasteiger partial charge on any atom is 0.0584 e. The molecule has 0 aliphatic rings. The normalized spacial score (nSPS) is 13.1. The van der Waals surface area contributed by atoms with Crippen molar-refractivity contribution in [2.45, 2.75) is 24.4 Å². The number of aliphatic hydroxyl groups is 1. The van der Waals surface area contributed by atoms with Crippen LogP contribution in [-0.2, 0) is 6.54 Å². The lowest BCUT2D eigenvalue weighted by Crippen LogP contribution is -2.31. The second-order valence-corrected chi connectivity index (χ2v) is 4.61. The van der Waals surface area contributed by atoms with Crippen molar-refractivity contribution in [1.29, 1.82) is 0 Å². The van der Waals surface area contributed by atoms with Crippen LogP contribution in [0.5, 0.6) is 0 Å². The van der Waals surface area contributed by atoms with E-state index in [9.17, 15) is 0 Å². The summed E-state index contributed by atoms with van der Waals surface area (Å²) in [6.45, 7) is 3.12. The second-order valence-electron chi connectivity index (χ2n) is 3.76. The standard InChI is InChI=1S/C12H19NOS/c1-10(9-14)13(2)8-11-6-4-5-7-12(11)15-3/h4-7,10,14H,8-9H2,1-3H3. The summed E-state index contributed by atoms with van der Waals surface area (Å²) in [6.07, 6.45) is 2.09. The molecule has 1 N–H and O–H groups in total. The molecule has 0 heterocycles. The van der Waals surface area contributed by atoms with Gasteiger partial charge in [0.1, 0.15) is 0 Å². The zero-order valence-corrected chi connectivity index (χ0v) is 10.4. The number of hydrogen-bond donors (Lipinski definition) is 1. The molecule has 1 atom stereocenters. The highest BCUT2D eigenvalue weighted by Gasteiger charge is 2.09. The SMILES string of the molecule is CSc1ccccc1CN(C)C(C)CO. The van der Waals surface area contributed by atoms with Gasteiger partial charge in [-0.1, -0.05) is 18.2 Å². The Balaban J connectivity index is 2.71. The van der Waals surface area contributed by atoms with Crippen LogP contribution in [0.3, 0.4) is 0 Å². The van der Waals surface area contributed by atoms with Crippen molar-refractivity contribution in [2.24, 2.45) is 0 Å². The molecule has 84 valence electrons. The van der Waals surface area contributed by atoms with E-state index in [1.165, 1.54) is 10.5 Å². The summed E-state index contributed by atoms with van der Waals surface area (Å²) < 4.78 is 0. The van der Waals surface area contributed by atoms with Crippen LogP contribution in [0.4, 0.5) is 0 Å². The number of benzene rings is 1. The maximum atomic E-state index is 9.06. The van der Waals surface area contributed by atoms with Crippen LogP contribution in [0.15, 0.2) is 29.2 Å². The number of hydrogen-bond acceptors (Lipinski definition) is 3. The molecule has 0 spiro atoms. The Labute approximate surface area is 96.3 Å². The van der Waals surface area contributed by atoms with Gasteiger partial charge in [-0.2, -0.15) is 0 Å². The third-order valence-electron chi connectivity index (χ3n) is 2.63. The van der Waals surface area contributed by atoms with Crippen molar-refractivity contribution in [3.63, 3.8) is 0 Å². The van der Waals surface area contributed by atoms with Gasteiger partial charge in [-0.05, 0) is 31.9 Å². The van der Waals surface area contributed by atoms with Gasteiger partial charge in [0.05, 0.1) is 6.61 Å². The zero-order valence-electron chi connectivity index (χ0n) is 9.60. The van der Waals surface area contributed by atoms with Gasteiger partial charge in [0.25, 0.3) is 0 Å². The van der Waals surface area contributed by atoms with E-state index in [1.54, 1.807) is 11.8 Å². The molecule has 15 heavy (non-hydrogen) atoms. The van der Waals surface area contributed by atoms with Crippen molar-refractivity contribution >= 4 is 11.8 Å². The first-order valence-corrected chi connectivity index (χ1v) is 6.34. The Hall–Kier alpha value is -0.510. The summed E-state index contributed by atoms with van der Waals surface area (Å²) in [6, 6.07) is 8.61. The van der Waals surface area contributed by atoms with Crippen molar-refractivity contribution in [3.05, 3.63) is 29.8 Å². The lowest BCUT2D eigenvalue weighted by molar-refractivity contribution is 0.153. The average molecular weight is 225 g/mol. The molecule has 0 aliphatic heterocycles. The van der Waals surface area contributed by atoms with Crippen LogP contribution in [0.2, 0.25) is 0 Å². The highest BCUT2D eigenvalue weighted by molar-refractivity contribution is 7.98. The molecule has 0 saturated carbocycles. The minimum Gasteiger partial charge on any atom is -0.395 e. The predicted octanol–water partition coefficient (Wildman–Crippen LogP) is 2.22.